The molecule has 0 radical (unpaired) electrons. The smallest absolute Gasteiger partial charge is 0.330 e. The zero-order valence-corrected chi connectivity index (χ0v) is 14.8. The Morgan fingerprint density at radius 2 is 2.26 bits per heavy atom. The molecule has 0 aliphatic carbocycles. The minimum absolute atomic E-state index is 0.364. The van der Waals surface area contributed by atoms with Crippen LogP contribution in [0.1, 0.15) is 26.2 Å². The summed E-state index contributed by atoms with van der Waals surface area (Å²) in [6, 6.07) is 9.85. The second-order valence-corrected chi connectivity index (χ2v) is 6.83. The zero-order chi connectivity index (χ0) is 16.7. The van der Waals surface area contributed by atoms with E-state index in [9.17, 15) is 4.79 Å². The predicted molar refractivity (Wildman–Crippen MR) is 97.4 cm³/mol. The number of carbonyl (C=O) groups excluding carboxylic acids is 1. The van der Waals surface area contributed by atoms with E-state index in [0.717, 1.165) is 35.1 Å². The number of esters is 1. The third kappa shape index (κ3) is 5.22. The largest absolute Gasteiger partial charge is 0.463 e. The maximum atomic E-state index is 11.0. The number of ether oxygens (including phenoxy) is 1. The molecule has 1 atom stereocenters. The van der Waals surface area contributed by atoms with Crippen LogP contribution in [0.15, 0.2) is 52.3 Å². The van der Waals surface area contributed by atoms with Gasteiger partial charge in [-0.1, -0.05) is 31.7 Å². The van der Waals surface area contributed by atoms with Gasteiger partial charge in [-0.05, 0) is 37.5 Å². The number of benzene rings is 1. The lowest BCUT2D eigenvalue weighted by atomic mass is 10.2. The number of hydrogen-bond acceptors (Lipinski definition) is 5. The molecular formula is C18H20O3S2. The Kier molecular flexibility index (Phi) is 6.86. The first-order valence-electron chi connectivity index (χ1n) is 7.62. The van der Waals surface area contributed by atoms with Crippen LogP contribution < -0.4 is 0 Å². The van der Waals surface area contributed by atoms with Crippen LogP contribution in [-0.2, 0) is 9.53 Å². The van der Waals surface area contributed by atoms with Gasteiger partial charge in [0.1, 0.15) is 5.58 Å². The average Bonchev–Trinajstić information content (AvgIpc) is 2.56. The summed E-state index contributed by atoms with van der Waals surface area (Å²) < 4.78 is 11.1. The summed E-state index contributed by atoms with van der Waals surface area (Å²) in [5.74, 6) is -0.364. The van der Waals surface area contributed by atoms with Crippen LogP contribution in [0.4, 0.5) is 0 Å². The summed E-state index contributed by atoms with van der Waals surface area (Å²) >= 11 is 7.03. The van der Waals surface area contributed by atoms with Crippen molar-refractivity contribution in [2.45, 2.75) is 36.3 Å². The molecule has 0 aliphatic heterocycles. The third-order valence-electron chi connectivity index (χ3n) is 3.44. The molecule has 0 spiro atoms. The number of para-hydroxylation sites is 1. The van der Waals surface area contributed by atoms with Crippen LogP contribution in [0.5, 0.6) is 0 Å². The lowest BCUT2D eigenvalue weighted by Crippen LogP contribution is -2.06. The second kappa shape index (κ2) is 8.89. The molecule has 2 rings (SSSR count). The van der Waals surface area contributed by atoms with Crippen molar-refractivity contribution in [2.75, 3.05) is 6.61 Å². The Hall–Kier alpha value is -1.59. The van der Waals surface area contributed by atoms with E-state index in [1.165, 1.54) is 6.08 Å². The van der Waals surface area contributed by atoms with Crippen molar-refractivity contribution in [3.05, 3.63) is 47.7 Å². The van der Waals surface area contributed by atoms with Gasteiger partial charge in [0.15, 0.2) is 4.71 Å². The van der Waals surface area contributed by atoms with Crippen molar-refractivity contribution >= 4 is 40.9 Å². The number of carbonyl (C=O) groups is 1. The fourth-order valence-corrected chi connectivity index (χ4v) is 3.81. The first kappa shape index (κ1) is 17.8. The quantitative estimate of drug-likeness (QED) is 0.206. The Morgan fingerprint density at radius 1 is 1.48 bits per heavy atom. The summed E-state index contributed by atoms with van der Waals surface area (Å²) in [7, 11) is 0. The van der Waals surface area contributed by atoms with E-state index >= 15 is 0 Å². The normalized spacial score (nSPS) is 12.0. The van der Waals surface area contributed by atoms with Crippen molar-refractivity contribution in [3.8, 4) is 0 Å². The molecule has 3 nitrogen and oxygen atoms in total. The SMILES string of the molecule is C=CC(=O)OCCCC(CC)Sc1cc(=S)oc2ccccc12. The first-order valence-corrected chi connectivity index (χ1v) is 8.91. The van der Waals surface area contributed by atoms with E-state index < -0.39 is 0 Å². The van der Waals surface area contributed by atoms with Crippen LogP contribution in [0.25, 0.3) is 11.0 Å². The highest BCUT2D eigenvalue weighted by Gasteiger charge is 2.12. The summed E-state index contributed by atoms with van der Waals surface area (Å²) in [6.45, 7) is 5.98. The second-order valence-electron chi connectivity index (χ2n) is 5.09. The fourth-order valence-electron chi connectivity index (χ4n) is 2.25. The van der Waals surface area contributed by atoms with Gasteiger partial charge in [-0.25, -0.2) is 4.79 Å². The van der Waals surface area contributed by atoms with Gasteiger partial charge in [0.2, 0.25) is 0 Å². The van der Waals surface area contributed by atoms with E-state index in [0.29, 0.717) is 16.6 Å². The van der Waals surface area contributed by atoms with Gasteiger partial charge >= 0.3 is 5.97 Å². The number of fused-ring (bicyclic) bond motifs is 1. The minimum Gasteiger partial charge on any atom is -0.463 e. The summed E-state index contributed by atoms with van der Waals surface area (Å²) in [6.07, 6.45) is 4.03. The molecule has 23 heavy (non-hydrogen) atoms. The van der Waals surface area contributed by atoms with Crippen LogP contribution >= 0.6 is 24.0 Å². The maximum absolute atomic E-state index is 11.0. The Balaban J connectivity index is 2.03. The van der Waals surface area contributed by atoms with Gasteiger partial charge in [-0.15, -0.1) is 11.8 Å². The van der Waals surface area contributed by atoms with Gasteiger partial charge in [0.25, 0.3) is 0 Å². The standard InChI is InChI=1S/C18H20O3S2/c1-3-13(8-7-11-20-17(19)4-2)23-16-12-18(22)21-15-10-6-5-9-14(15)16/h4-6,9-10,12-13H,2-3,7-8,11H2,1H3. The molecule has 5 heteroatoms. The lowest BCUT2D eigenvalue weighted by molar-refractivity contribution is -0.137. The van der Waals surface area contributed by atoms with Gasteiger partial charge in [0.05, 0.1) is 6.61 Å². The summed E-state index contributed by atoms with van der Waals surface area (Å²) in [4.78, 5) is 12.2. The zero-order valence-electron chi connectivity index (χ0n) is 13.1. The Bertz CT molecular complexity index is 736. The molecule has 1 aromatic heterocycles. The van der Waals surface area contributed by atoms with Gasteiger partial charge in [-0.3, -0.25) is 0 Å². The number of rotatable bonds is 8. The summed E-state index contributed by atoms with van der Waals surface area (Å²) in [5.41, 5.74) is 0.817. The number of thioether (sulfide) groups is 1. The topological polar surface area (TPSA) is 39.4 Å². The molecule has 1 aromatic carbocycles. The highest BCUT2D eigenvalue weighted by atomic mass is 32.2. The van der Waals surface area contributed by atoms with E-state index in [-0.39, 0.29) is 5.97 Å². The minimum atomic E-state index is -0.364. The molecule has 0 N–H and O–H groups in total. The molecule has 0 saturated heterocycles. The van der Waals surface area contributed by atoms with Gasteiger partial charge < -0.3 is 9.15 Å². The van der Waals surface area contributed by atoms with Gasteiger partial charge in [0, 0.05) is 27.7 Å². The van der Waals surface area contributed by atoms with Gasteiger partial charge in [-0.2, -0.15) is 0 Å². The summed E-state index contributed by atoms with van der Waals surface area (Å²) in [5, 5.41) is 1.53. The van der Waals surface area contributed by atoms with Crippen LogP contribution in [0, 0.1) is 4.71 Å². The molecule has 0 aliphatic rings. The van der Waals surface area contributed by atoms with E-state index in [4.69, 9.17) is 21.4 Å². The molecule has 1 unspecified atom stereocenters. The van der Waals surface area contributed by atoms with Crippen molar-refractivity contribution in [3.63, 3.8) is 0 Å². The monoisotopic (exact) mass is 348 g/mol. The van der Waals surface area contributed by atoms with Crippen molar-refractivity contribution < 1.29 is 13.9 Å². The van der Waals surface area contributed by atoms with Crippen molar-refractivity contribution in [1.29, 1.82) is 0 Å². The van der Waals surface area contributed by atoms with E-state index in [1.807, 2.05) is 36.0 Å². The van der Waals surface area contributed by atoms with E-state index in [1.54, 1.807) is 0 Å². The third-order valence-corrected chi connectivity index (χ3v) is 5.14. The highest BCUT2D eigenvalue weighted by molar-refractivity contribution is 8.00. The molecule has 0 fully saturated rings. The molecule has 0 bridgehead atoms. The number of hydrogen-bond donors (Lipinski definition) is 0. The molecule has 2 aromatic rings. The van der Waals surface area contributed by atoms with E-state index in [2.05, 4.69) is 19.6 Å². The molecule has 1 heterocycles. The highest BCUT2D eigenvalue weighted by Crippen LogP contribution is 2.34. The predicted octanol–water partition coefficient (Wildman–Crippen LogP) is 5.54. The van der Waals surface area contributed by atoms with Crippen LogP contribution in [0.2, 0.25) is 0 Å². The molecule has 0 saturated carbocycles. The molecule has 0 amide bonds. The van der Waals surface area contributed by atoms with Crippen molar-refractivity contribution in [1.82, 2.24) is 0 Å². The first-order chi connectivity index (χ1) is 11.1. The Morgan fingerprint density at radius 3 is 3.00 bits per heavy atom. The fraction of sp³-hybridized carbons (Fsp3) is 0.333. The Labute approximate surface area is 145 Å². The molecule has 122 valence electrons. The van der Waals surface area contributed by atoms with Crippen molar-refractivity contribution in [2.24, 2.45) is 0 Å². The maximum Gasteiger partial charge on any atom is 0.330 e. The van der Waals surface area contributed by atoms with Crippen LogP contribution in [0.3, 0.4) is 0 Å². The average molecular weight is 348 g/mol. The lowest BCUT2D eigenvalue weighted by Gasteiger charge is -2.15. The van der Waals surface area contributed by atoms with Crippen LogP contribution in [-0.4, -0.2) is 17.8 Å². The molecular weight excluding hydrogens is 328 g/mol.